The van der Waals surface area contributed by atoms with Crippen molar-refractivity contribution in [3.05, 3.63) is 58.3 Å². The number of benzene rings is 1. The highest BCUT2D eigenvalue weighted by Gasteiger charge is 2.20. The Bertz CT molecular complexity index is 795. The maximum atomic E-state index is 14.2. The third kappa shape index (κ3) is 3.11. The van der Waals surface area contributed by atoms with E-state index in [-0.39, 0.29) is 11.2 Å². The van der Waals surface area contributed by atoms with Gasteiger partial charge in [-0.3, -0.25) is 9.59 Å². The van der Waals surface area contributed by atoms with Crippen molar-refractivity contribution in [2.75, 3.05) is 23.3 Å². The van der Waals surface area contributed by atoms with Crippen LogP contribution in [-0.2, 0) is 7.05 Å². The number of rotatable bonds is 3. The van der Waals surface area contributed by atoms with Gasteiger partial charge in [-0.25, -0.2) is 4.39 Å². The average Bonchev–Trinajstić information content (AvgIpc) is 3.06. The first kappa shape index (κ1) is 15.3. The molecule has 1 aromatic heterocycles. The minimum Gasteiger partial charge on any atom is -0.370 e. The Kier molecular flexibility index (Phi) is 4.14. The second-order valence-electron chi connectivity index (χ2n) is 5.65. The predicted octanol–water partition coefficient (Wildman–Crippen LogP) is 2.38. The maximum absolute atomic E-state index is 14.2. The molecule has 0 unspecified atom stereocenters. The van der Waals surface area contributed by atoms with Crippen LogP contribution in [0.3, 0.4) is 0 Å². The molecule has 0 saturated carbocycles. The lowest BCUT2D eigenvalue weighted by atomic mass is 10.2. The van der Waals surface area contributed by atoms with E-state index in [9.17, 15) is 14.0 Å². The van der Waals surface area contributed by atoms with Gasteiger partial charge in [0.25, 0.3) is 5.91 Å². The fraction of sp³-hybridized carbons (Fsp3) is 0.294. The third-order valence-electron chi connectivity index (χ3n) is 4.02. The van der Waals surface area contributed by atoms with Crippen molar-refractivity contribution < 1.29 is 9.18 Å². The molecule has 0 spiro atoms. The molecule has 1 saturated heterocycles. The van der Waals surface area contributed by atoms with Crippen LogP contribution in [0.25, 0.3) is 0 Å². The lowest BCUT2D eigenvalue weighted by Crippen LogP contribution is -2.23. The summed E-state index contributed by atoms with van der Waals surface area (Å²) in [5, 5.41) is 2.65. The quantitative estimate of drug-likeness (QED) is 0.946. The molecule has 1 N–H and O–H groups in total. The van der Waals surface area contributed by atoms with Gasteiger partial charge in [0.05, 0.1) is 11.3 Å². The number of pyridine rings is 1. The van der Waals surface area contributed by atoms with E-state index in [1.54, 1.807) is 13.1 Å². The molecule has 5 nitrogen and oxygen atoms in total. The summed E-state index contributed by atoms with van der Waals surface area (Å²) in [5.41, 5.74) is 0.988. The lowest BCUT2D eigenvalue weighted by Gasteiger charge is -2.22. The summed E-state index contributed by atoms with van der Waals surface area (Å²) in [6.45, 7) is 1.71. The number of aromatic nitrogens is 1. The van der Waals surface area contributed by atoms with Gasteiger partial charge in [-0.2, -0.15) is 0 Å². The number of hydrogen-bond acceptors (Lipinski definition) is 3. The first-order chi connectivity index (χ1) is 11.1. The Morgan fingerprint density at radius 1 is 1.17 bits per heavy atom. The van der Waals surface area contributed by atoms with Gasteiger partial charge in [-0.1, -0.05) is 6.07 Å². The van der Waals surface area contributed by atoms with Crippen LogP contribution < -0.4 is 15.8 Å². The number of para-hydroxylation sites is 1. The van der Waals surface area contributed by atoms with E-state index in [4.69, 9.17) is 0 Å². The first-order valence-electron chi connectivity index (χ1n) is 7.58. The average molecular weight is 315 g/mol. The van der Waals surface area contributed by atoms with Gasteiger partial charge in [-0.05, 0) is 31.0 Å². The fourth-order valence-corrected chi connectivity index (χ4v) is 2.77. The van der Waals surface area contributed by atoms with Crippen LogP contribution in [0.4, 0.5) is 15.8 Å². The summed E-state index contributed by atoms with van der Waals surface area (Å²) in [7, 11) is 1.57. The van der Waals surface area contributed by atoms with Gasteiger partial charge in [0.1, 0.15) is 11.5 Å². The molecule has 1 amide bonds. The number of anilines is 2. The molecule has 120 valence electrons. The van der Waals surface area contributed by atoms with Crippen LogP contribution in [0, 0.1) is 5.82 Å². The SMILES string of the molecule is Cn1cc(C(=O)Nc2c(F)cccc2N2CCCC2)ccc1=O. The smallest absolute Gasteiger partial charge is 0.257 e. The molecule has 1 fully saturated rings. The molecule has 1 aromatic carbocycles. The Hall–Kier alpha value is -2.63. The highest BCUT2D eigenvalue weighted by Crippen LogP contribution is 2.31. The number of nitrogens with one attached hydrogen (secondary N) is 1. The summed E-state index contributed by atoms with van der Waals surface area (Å²) in [6, 6.07) is 7.54. The van der Waals surface area contributed by atoms with E-state index in [0.717, 1.165) is 25.9 Å². The second kappa shape index (κ2) is 6.24. The normalized spacial score (nSPS) is 14.1. The molecule has 6 heteroatoms. The Labute approximate surface area is 133 Å². The molecule has 0 aliphatic carbocycles. The molecule has 2 heterocycles. The van der Waals surface area contributed by atoms with Crippen LogP contribution in [0.2, 0.25) is 0 Å². The van der Waals surface area contributed by atoms with Crippen molar-refractivity contribution in [2.45, 2.75) is 12.8 Å². The van der Waals surface area contributed by atoms with Crippen molar-refractivity contribution in [2.24, 2.45) is 7.05 Å². The number of amides is 1. The number of carbonyl (C=O) groups is 1. The molecular formula is C17H18FN3O2. The van der Waals surface area contributed by atoms with Gasteiger partial charge >= 0.3 is 0 Å². The summed E-state index contributed by atoms with van der Waals surface area (Å²) in [6.07, 6.45) is 3.56. The van der Waals surface area contributed by atoms with E-state index < -0.39 is 11.7 Å². The number of carbonyl (C=O) groups excluding carboxylic acids is 1. The minimum atomic E-state index is -0.465. The molecule has 2 aromatic rings. The molecule has 1 aliphatic rings. The number of aryl methyl sites for hydroxylation is 1. The molecule has 0 radical (unpaired) electrons. The molecule has 1 aliphatic heterocycles. The van der Waals surface area contributed by atoms with E-state index in [2.05, 4.69) is 10.2 Å². The van der Waals surface area contributed by atoms with Gasteiger partial charge in [-0.15, -0.1) is 0 Å². The monoisotopic (exact) mass is 315 g/mol. The molecule has 0 atom stereocenters. The van der Waals surface area contributed by atoms with E-state index >= 15 is 0 Å². The van der Waals surface area contributed by atoms with E-state index in [0.29, 0.717) is 11.3 Å². The summed E-state index contributed by atoms with van der Waals surface area (Å²) in [4.78, 5) is 25.9. The first-order valence-corrected chi connectivity index (χ1v) is 7.58. The third-order valence-corrected chi connectivity index (χ3v) is 4.02. The van der Waals surface area contributed by atoms with Crippen LogP contribution in [0.15, 0.2) is 41.3 Å². The molecule has 23 heavy (non-hydrogen) atoms. The highest BCUT2D eigenvalue weighted by atomic mass is 19.1. The largest absolute Gasteiger partial charge is 0.370 e. The fourth-order valence-electron chi connectivity index (χ4n) is 2.77. The molecule has 0 bridgehead atoms. The minimum absolute atomic E-state index is 0.188. The van der Waals surface area contributed by atoms with Crippen molar-refractivity contribution >= 4 is 17.3 Å². The standard InChI is InChI=1S/C17H18FN3O2/c1-20-11-12(7-8-15(20)22)17(23)19-16-13(18)5-4-6-14(16)21-9-2-3-10-21/h4-8,11H,2-3,9-10H2,1H3,(H,19,23). The zero-order valence-corrected chi connectivity index (χ0v) is 12.9. The predicted molar refractivity (Wildman–Crippen MR) is 87.5 cm³/mol. The zero-order chi connectivity index (χ0) is 16.4. The number of halogens is 1. The maximum Gasteiger partial charge on any atom is 0.257 e. The Morgan fingerprint density at radius 2 is 1.91 bits per heavy atom. The Morgan fingerprint density at radius 3 is 2.61 bits per heavy atom. The van der Waals surface area contributed by atoms with Crippen molar-refractivity contribution in [1.82, 2.24) is 4.57 Å². The summed E-state index contributed by atoms with van der Waals surface area (Å²) in [5.74, 6) is -0.904. The van der Waals surface area contributed by atoms with Crippen LogP contribution in [0.1, 0.15) is 23.2 Å². The molecular weight excluding hydrogens is 297 g/mol. The highest BCUT2D eigenvalue weighted by molar-refractivity contribution is 6.05. The summed E-state index contributed by atoms with van der Waals surface area (Å²) < 4.78 is 15.5. The molecule has 3 rings (SSSR count). The topological polar surface area (TPSA) is 54.3 Å². The second-order valence-corrected chi connectivity index (χ2v) is 5.65. The van der Waals surface area contributed by atoms with Crippen LogP contribution in [-0.4, -0.2) is 23.6 Å². The van der Waals surface area contributed by atoms with Gasteiger partial charge < -0.3 is 14.8 Å². The van der Waals surface area contributed by atoms with Gasteiger partial charge in [0.15, 0.2) is 0 Å². The van der Waals surface area contributed by atoms with Crippen molar-refractivity contribution in [1.29, 1.82) is 0 Å². The van der Waals surface area contributed by atoms with Crippen molar-refractivity contribution in [3.63, 3.8) is 0 Å². The van der Waals surface area contributed by atoms with Gasteiger partial charge in [0, 0.05) is 32.4 Å². The van der Waals surface area contributed by atoms with E-state index in [1.165, 1.54) is 29.0 Å². The van der Waals surface area contributed by atoms with Crippen molar-refractivity contribution in [3.8, 4) is 0 Å². The van der Waals surface area contributed by atoms with Crippen LogP contribution in [0.5, 0.6) is 0 Å². The van der Waals surface area contributed by atoms with E-state index in [1.807, 2.05) is 6.07 Å². The van der Waals surface area contributed by atoms with Gasteiger partial charge in [0.2, 0.25) is 5.56 Å². The summed E-state index contributed by atoms with van der Waals surface area (Å²) >= 11 is 0. The lowest BCUT2D eigenvalue weighted by molar-refractivity contribution is 0.102. The number of hydrogen-bond donors (Lipinski definition) is 1. The Balaban J connectivity index is 1.91. The number of nitrogens with zero attached hydrogens (tertiary/aromatic N) is 2. The van der Waals surface area contributed by atoms with Crippen LogP contribution >= 0.6 is 0 Å². The zero-order valence-electron chi connectivity index (χ0n) is 12.9.